The predicted octanol–water partition coefficient (Wildman–Crippen LogP) is 5.05. The van der Waals surface area contributed by atoms with Gasteiger partial charge in [-0.25, -0.2) is 0 Å². The monoisotopic (exact) mass is 371 g/mol. The Kier molecular flexibility index (Phi) is 7.58. The van der Waals surface area contributed by atoms with E-state index >= 15 is 0 Å². The summed E-state index contributed by atoms with van der Waals surface area (Å²) in [5, 5.41) is 2.98. The third-order valence-electron chi connectivity index (χ3n) is 4.08. The quantitative estimate of drug-likeness (QED) is 0.521. The average molecular weight is 372 g/mol. The molecule has 0 fully saturated rings. The second-order valence-electron chi connectivity index (χ2n) is 7.24. The van der Waals surface area contributed by atoms with Crippen molar-refractivity contribution >= 4 is 17.7 Å². The Morgan fingerprint density at radius 1 is 1.08 bits per heavy atom. The summed E-state index contributed by atoms with van der Waals surface area (Å²) in [6.45, 7) is 9.13. The molecule has 2 rings (SSSR count). The summed E-state index contributed by atoms with van der Waals surface area (Å²) in [5.41, 5.74) is 1.36. The summed E-state index contributed by atoms with van der Waals surface area (Å²) in [4.78, 5) is 13.6. The Bertz CT molecular complexity index is 678. The molecule has 0 aliphatic rings. The van der Waals surface area contributed by atoms with Crippen LogP contribution in [0.3, 0.4) is 0 Å². The SMILES string of the molecule is CCC(Oc1ccc(C(C)(C)C)cc1)C(=O)NCCSc1ccccc1. The fraction of sp³-hybridized carbons (Fsp3) is 0.409. The highest BCUT2D eigenvalue weighted by atomic mass is 32.2. The van der Waals surface area contributed by atoms with Crippen molar-refractivity contribution in [3.05, 3.63) is 60.2 Å². The first-order chi connectivity index (χ1) is 12.4. The van der Waals surface area contributed by atoms with Crippen molar-refractivity contribution in [2.75, 3.05) is 12.3 Å². The number of carbonyl (C=O) groups excluding carboxylic acids is 1. The predicted molar refractivity (Wildman–Crippen MR) is 110 cm³/mol. The molecule has 26 heavy (non-hydrogen) atoms. The number of ether oxygens (including phenoxy) is 1. The van der Waals surface area contributed by atoms with E-state index in [0.717, 1.165) is 11.5 Å². The minimum Gasteiger partial charge on any atom is -0.481 e. The normalized spacial score (nSPS) is 12.5. The Morgan fingerprint density at radius 3 is 2.31 bits per heavy atom. The van der Waals surface area contributed by atoms with Crippen LogP contribution in [-0.2, 0) is 10.2 Å². The van der Waals surface area contributed by atoms with Gasteiger partial charge in [-0.1, -0.05) is 58.0 Å². The maximum atomic E-state index is 12.4. The van der Waals surface area contributed by atoms with Crippen molar-refractivity contribution in [1.82, 2.24) is 5.32 Å². The molecule has 0 aliphatic heterocycles. The van der Waals surface area contributed by atoms with Gasteiger partial charge in [0.05, 0.1) is 0 Å². The summed E-state index contributed by atoms with van der Waals surface area (Å²) in [6.07, 6.45) is 0.177. The van der Waals surface area contributed by atoms with E-state index in [-0.39, 0.29) is 11.3 Å². The van der Waals surface area contributed by atoms with Gasteiger partial charge >= 0.3 is 0 Å². The fourth-order valence-electron chi connectivity index (χ4n) is 2.49. The Labute approximate surface area is 161 Å². The van der Waals surface area contributed by atoms with Gasteiger partial charge in [0.15, 0.2) is 6.10 Å². The topological polar surface area (TPSA) is 38.3 Å². The van der Waals surface area contributed by atoms with Crippen molar-refractivity contribution in [1.29, 1.82) is 0 Å². The van der Waals surface area contributed by atoms with Gasteiger partial charge in [-0.2, -0.15) is 0 Å². The van der Waals surface area contributed by atoms with E-state index in [0.29, 0.717) is 13.0 Å². The largest absolute Gasteiger partial charge is 0.481 e. The molecule has 0 saturated heterocycles. The Morgan fingerprint density at radius 2 is 1.73 bits per heavy atom. The molecule has 3 nitrogen and oxygen atoms in total. The summed E-state index contributed by atoms with van der Waals surface area (Å²) >= 11 is 1.73. The summed E-state index contributed by atoms with van der Waals surface area (Å²) in [5.74, 6) is 1.52. The lowest BCUT2D eigenvalue weighted by molar-refractivity contribution is -0.127. The zero-order valence-electron chi connectivity index (χ0n) is 16.1. The standard InChI is InChI=1S/C22H29NO2S/c1-5-20(25-18-13-11-17(12-14-18)22(2,3)4)21(24)23-15-16-26-19-9-7-6-8-10-19/h6-14,20H,5,15-16H2,1-4H3,(H,23,24). The third-order valence-corrected chi connectivity index (χ3v) is 5.09. The second kappa shape index (κ2) is 9.67. The van der Waals surface area contributed by atoms with Crippen LogP contribution in [0.5, 0.6) is 5.75 Å². The molecule has 2 aromatic rings. The smallest absolute Gasteiger partial charge is 0.261 e. The van der Waals surface area contributed by atoms with Crippen LogP contribution in [0.2, 0.25) is 0 Å². The molecule has 1 amide bonds. The van der Waals surface area contributed by atoms with Crippen LogP contribution in [0.25, 0.3) is 0 Å². The van der Waals surface area contributed by atoms with Gasteiger partial charge < -0.3 is 10.1 Å². The molecular formula is C22H29NO2S. The van der Waals surface area contributed by atoms with Crippen molar-refractivity contribution in [2.24, 2.45) is 0 Å². The number of hydrogen-bond acceptors (Lipinski definition) is 3. The molecule has 0 heterocycles. The highest BCUT2D eigenvalue weighted by Crippen LogP contribution is 2.25. The maximum Gasteiger partial charge on any atom is 0.261 e. The van der Waals surface area contributed by atoms with Gasteiger partial charge in [0.25, 0.3) is 5.91 Å². The maximum absolute atomic E-state index is 12.4. The summed E-state index contributed by atoms with van der Waals surface area (Å²) in [6, 6.07) is 18.2. The number of rotatable bonds is 8. The average Bonchev–Trinajstić information content (AvgIpc) is 2.63. The van der Waals surface area contributed by atoms with Crippen molar-refractivity contribution < 1.29 is 9.53 Å². The number of carbonyl (C=O) groups is 1. The minimum atomic E-state index is -0.461. The van der Waals surface area contributed by atoms with Crippen LogP contribution < -0.4 is 10.1 Å². The lowest BCUT2D eigenvalue weighted by Gasteiger charge is -2.21. The molecule has 0 saturated carbocycles. The molecule has 140 valence electrons. The Hall–Kier alpha value is -1.94. The van der Waals surface area contributed by atoms with E-state index in [1.807, 2.05) is 37.3 Å². The van der Waals surface area contributed by atoms with Gasteiger partial charge in [0, 0.05) is 17.2 Å². The molecule has 0 aliphatic carbocycles. The summed E-state index contributed by atoms with van der Waals surface area (Å²) < 4.78 is 5.89. The van der Waals surface area contributed by atoms with E-state index in [1.54, 1.807) is 11.8 Å². The molecule has 0 radical (unpaired) electrons. The molecule has 1 atom stereocenters. The molecule has 0 bridgehead atoms. The van der Waals surface area contributed by atoms with E-state index in [1.165, 1.54) is 10.5 Å². The number of amides is 1. The van der Waals surface area contributed by atoms with Crippen LogP contribution >= 0.6 is 11.8 Å². The number of benzene rings is 2. The third kappa shape index (κ3) is 6.41. The summed E-state index contributed by atoms with van der Waals surface area (Å²) in [7, 11) is 0. The number of hydrogen-bond donors (Lipinski definition) is 1. The first-order valence-electron chi connectivity index (χ1n) is 9.13. The van der Waals surface area contributed by atoms with E-state index in [9.17, 15) is 4.79 Å². The van der Waals surface area contributed by atoms with Crippen LogP contribution in [-0.4, -0.2) is 24.3 Å². The van der Waals surface area contributed by atoms with Crippen LogP contribution in [0.4, 0.5) is 0 Å². The minimum absolute atomic E-state index is 0.0546. The molecule has 4 heteroatoms. The molecular weight excluding hydrogens is 342 g/mol. The molecule has 1 N–H and O–H groups in total. The van der Waals surface area contributed by atoms with Gasteiger partial charge in [0.1, 0.15) is 5.75 Å². The lowest BCUT2D eigenvalue weighted by Crippen LogP contribution is -2.39. The first-order valence-corrected chi connectivity index (χ1v) is 10.1. The molecule has 0 spiro atoms. The van der Waals surface area contributed by atoms with Crippen LogP contribution in [0, 0.1) is 0 Å². The number of nitrogens with one attached hydrogen (secondary N) is 1. The highest BCUT2D eigenvalue weighted by molar-refractivity contribution is 7.99. The van der Waals surface area contributed by atoms with Gasteiger partial charge in [-0.05, 0) is 41.7 Å². The Balaban J connectivity index is 1.80. The molecule has 2 aromatic carbocycles. The molecule has 0 aromatic heterocycles. The van der Waals surface area contributed by atoms with Crippen molar-refractivity contribution in [3.8, 4) is 5.75 Å². The van der Waals surface area contributed by atoms with E-state index < -0.39 is 6.10 Å². The van der Waals surface area contributed by atoms with E-state index in [4.69, 9.17) is 4.74 Å². The van der Waals surface area contributed by atoms with Crippen molar-refractivity contribution in [3.63, 3.8) is 0 Å². The zero-order chi connectivity index (χ0) is 19.0. The number of thioether (sulfide) groups is 1. The second-order valence-corrected chi connectivity index (χ2v) is 8.41. The van der Waals surface area contributed by atoms with E-state index in [2.05, 4.69) is 50.4 Å². The van der Waals surface area contributed by atoms with Gasteiger partial charge in [-0.15, -0.1) is 11.8 Å². The highest BCUT2D eigenvalue weighted by Gasteiger charge is 2.19. The lowest BCUT2D eigenvalue weighted by atomic mass is 9.87. The van der Waals surface area contributed by atoms with Gasteiger partial charge in [0.2, 0.25) is 0 Å². The molecule has 1 unspecified atom stereocenters. The van der Waals surface area contributed by atoms with Crippen LogP contribution in [0.15, 0.2) is 59.5 Å². The fourth-order valence-corrected chi connectivity index (χ4v) is 3.28. The van der Waals surface area contributed by atoms with Crippen LogP contribution in [0.1, 0.15) is 39.7 Å². The van der Waals surface area contributed by atoms with Crippen molar-refractivity contribution in [2.45, 2.75) is 50.5 Å². The first kappa shape index (κ1) is 20.4. The van der Waals surface area contributed by atoms with Gasteiger partial charge in [-0.3, -0.25) is 4.79 Å². The zero-order valence-corrected chi connectivity index (χ0v) is 16.9.